The molecule has 4 aliphatic carbocycles. The van der Waals surface area contributed by atoms with Crippen molar-refractivity contribution in [1.29, 1.82) is 0 Å². The maximum atomic E-state index is 7.45. The first-order valence-electron chi connectivity index (χ1n) is 16.7. The van der Waals surface area contributed by atoms with E-state index in [4.69, 9.17) is 9.05 Å². The third-order valence-electron chi connectivity index (χ3n) is 11.9. The van der Waals surface area contributed by atoms with E-state index in [-0.39, 0.29) is 12.1 Å². The molecule has 5 aliphatic rings. The lowest BCUT2D eigenvalue weighted by Gasteiger charge is -2.53. The molecule has 1 heterocycles. The van der Waals surface area contributed by atoms with Crippen LogP contribution in [0.2, 0.25) is 0 Å². The lowest BCUT2D eigenvalue weighted by Crippen LogP contribution is -2.51. The maximum Gasteiger partial charge on any atom is 0.260 e. The van der Waals surface area contributed by atoms with E-state index in [1.165, 1.54) is 88.2 Å². The molecule has 0 aromatic heterocycles. The second-order valence-corrected chi connectivity index (χ2v) is 15.2. The number of rotatable bonds is 5. The van der Waals surface area contributed by atoms with E-state index in [2.05, 4.69) is 79.2 Å². The average Bonchev–Trinajstić information content (AvgIpc) is 3.19. The fraction of sp³-hybridized carbons (Fsp3) is 0.667. The SMILES string of the molecule is C[C@H](c1ccccc1)N([C@H](C)c1ccccc1)P1OC2CCC3CCCCC3C2C2C(CCC3CCCCC32)O1. The van der Waals surface area contributed by atoms with Crippen molar-refractivity contribution in [2.45, 2.75) is 115 Å². The molecule has 3 nitrogen and oxygen atoms in total. The Kier molecular flexibility index (Phi) is 8.38. The standard InChI is InChI=1S/C36H50NO2P/c1-25(27-13-5-3-6-14-27)37(26(2)28-15-7-4-8-16-28)40-38-33-23-21-29-17-9-11-19-31(29)35(33)36-32-20-12-10-18-30(32)22-24-34(36)39-40/h3-8,13-16,25-26,29-36H,9-12,17-24H2,1-2H3/t25-,26-,29?,30?,31?,32?,33?,34?,35?,36?,40?/m1/s1. The van der Waals surface area contributed by atoms with Gasteiger partial charge in [0.2, 0.25) is 0 Å². The van der Waals surface area contributed by atoms with Crippen LogP contribution in [0.4, 0.5) is 0 Å². The van der Waals surface area contributed by atoms with Gasteiger partial charge < -0.3 is 9.05 Å². The molecular weight excluding hydrogens is 509 g/mol. The molecular formula is C36H50NO2P. The maximum absolute atomic E-state index is 7.45. The van der Waals surface area contributed by atoms with Gasteiger partial charge in [-0.15, -0.1) is 0 Å². The van der Waals surface area contributed by atoms with E-state index < -0.39 is 8.53 Å². The minimum atomic E-state index is -1.19. The first kappa shape index (κ1) is 27.6. The van der Waals surface area contributed by atoms with Crippen LogP contribution in [0.1, 0.15) is 114 Å². The zero-order chi connectivity index (χ0) is 27.1. The van der Waals surface area contributed by atoms with Crippen molar-refractivity contribution >= 4 is 8.53 Å². The van der Waals surface area contributed by atoms with Crippen molar-refractivity contribution in [2.24, 2.45) is 35.5 Å². The number of hydrogen-bond donors (Lipinski definition) is 0. The summed E-state index contributed by atoms with van der Waals surface area (Å²) in [5.74, 6) is 4.95. The summed E-state index contributed by atoms with van der Waals surface area (Å²) < 4.78 is 17.5. The Morgan fingerprint density at radius 3 is 1.45 bits per heavy atom. The first-order valence-corrected chi connectivity index (χ1v) is 17.8. The molecule has 2 aromatic rings. The summed E-state index contributed by atoms with van der Waals surface area (Å²) >= 11 is 0. The van der Waals surface area contributed by atoms with E-state index in [0.717, 1.165) is 23.7 Å². The van der Waals surface area contributed by atoms with Crippen molar-refractivity contribution in [2.75, 3.05) is 0 Å². The Labute approximate surface area is 244 Å². The number of fused-ring (bicyclic) bond motifs is 7. The van der Waals surface area contributed by atoms with Gasteiger partial charge in [-0.1, -0.05) is 99.2 Å². The zero-order valence-corrected chi connectivity index (χ0v) is 25.6. The minimum absolute atomic E-state index is 0.217. The van der Waals surface area contributed by atoms with Crippen LogP contribution in [0.15, 0.2) is 60.7 Å². The largest absolute Gasteiger partial charge is 0.318 e. The number of hydrogen-bond acceptors (Lipinski definition) is 3. The van der Waals surface area contributed by atoms with Crippen LogP contribution >= 0.6 is 8.53 Å². The summed E-state index contributed by atoms with van der Waals surface area (Å²) in [5.41, 5.74) is 2.70. The first-order chi connectivity index (χ1) is 19.7. The smallest absolute Gasteiger partial charge is 0.260 e. The highest BCUT2D eigenvalue weighted by Crippen LogP contribution is 2.64. The molecule has 4 heteroatoms. The van der Waals surface area contributed by atoms with Crippen LogP contribution in [0.3, 0.4) is 0 Å². The van der Waals surface area contributed by atoms with Crippen LogP contribution in [-0.2, 0) is 9.05 Å². The summed E-state index contributed by atoms with van der Waals surface area (Å²) in [6, 6.07) is 22.6. The van der Waals surface area contributed by atoms with Crippen LogP contribution < -0.4 is 0 Å². The minimum Gasteiger partial charge on any atom is -0.318 e. The second kappa shape index (κ2) is 12.2. The van der Waals surface area contributed by atoms with Gasteiger partial charge in [-0.2, -0.15) is 0 Å². The molecule has 5 fully saturated rings. The van der Waals surface area contributed by atoms with Crippen molar-refractivity contribution in [3.8, 4) is 0 Å². The molecule has 40 heavy (non-hydrogen) atoms. The van der Waals surface area contributed by atoms with Crippen LogP contribution in [0, 0.1) is 35.5 Å². The molecule has 0 bridgehead atoms. The highest BCUT2D eigenvalue weighted by Gasteiger charge is 2.56. The normalized spacial score (nSPS) is 39.1. The van der Waals surface area contributed by atoms with Crippen LogP contribution in [-0.4, -0.2) is 16.9 Å². The van der Waals surface area contributed by atoms with Gasteiger partial charge in [-0.3, -0.25) is 0 Å². The molecule has 7 rings (SSSR count). The lowest BCUT2D eigenvalue weighted by atomic mass is 9.53. The molecule has 8 unspecified atom stereocenters. The monoisotopic (exact) mass is 559 g/mol. The summed E-state index contributed by atoms with van der Waals surface area (Å²) in [5, 5.41) is 0. The molecule has 0 N–H and O–H groups in total. The molecule has 1 aliphatic heterocycles. The fourth-order valence-corrected chi connectivity index (χ4v) is 12.0. The average molecular weight is 560 g/mol. The third kappa shape index (κ3) is 5.23. The van der Waals surface area contributed by atoms with Gasteiger partial charge in [-0.25, -0.2) is 4.67 Å². The quantitative estimate of drug-likeness (QED) is 0.340. The van der Waals surface area contributed by atoms with Crippen LogP contribution in [0.5, 0.6) is 0 Å². The van der Waals surface area contributed by atoms with E-state index in [9.17, 15) is 0 Å². The molecule has 1 saturated heterocycles. The Morgan fingerprint density at radius 2 is 1.00 bits per heavy atom. The topological polar surface area (TPSA) is 21.7 Å². The zero-order valence-electron chi connectivity index (χ0n) is 24.7. The predicted molar refractivity (Wildman–Crippen MR) is 165 cm³/mol. The van der Waals surface area contributed by atoms with Crippen molar-refractivity contribution in [1.82, 2.24) is 4.67 Å². The molecule has 10 atom stereocenters. The molecule has 0 spiro atoms. The van der Waals surface area contributed by atoms with E-state index in [0.29, 0.717) is 24.0 Å². The van der Waals surface area contributed by atoms with E-state index >= 15 is 0 Å². The molecule has 0 amide bonds. The van der Waals surface area contributed by atoms with E-state index in [1.807, 2.05) is 0 Å². The fourth-order valence-electron chi connectivity index (χ4n) is 9.96. The molecule has 0 radical (unpaired) electrons. The van der Waals surface area contributed by atoms with Crippen LogP contribution in [0.25, 0.3) is 0 Å². The van der Waals surface area contributed by atoms with Gasteiger partial charge in [0.05, 0.1) is 12.2 Å². The summed E-state index contributed by atoms with van der Waals surface area (Å²) in [6.07, 6.45) is 17.4. The molecule has 216 valence electrons. The Hall–Kier alpha value is -1.25. The Bertz CT molecular complexity index is 1010. The van der Waals surface area contributed by atoms with E-state index in [1.54, 1.807) is 0 Å². The third-order valence-corrected chi connectivity index (χ3v) is 13.8. The van der Waals surface area contributed by atoms with Crippen molar-refractivity contribution < 1.29 is 9.05 Å². The summed E-state index contributed by atoms with van der Waals surface area (Å²) in [7, 11) is -1.19. The number of benzene rings is 2. The van der Waals surface area contributed by atoms with Gasteiger partial charge >= 0.3 is 0 Å². The second-order valence-electron chi connectivity index (χ2n) is 13.8. The van der Waals surface area contributed by atoms with Gasteiger partial charge in [-0.05, 0) is 99.0 Å². The number of nitrogens with zero attached hydrogens (tertiary/aromatic N) is 1. The van der Waals surface area contributed by atoms with Gasteiger partial charge in [0.1, 0.15) is 0 Å². The highest BCUT2D eigenvalue weighted by molar-refractivity contribution is 7.44. The molecule has 2 aromatic carbocycles. The molecule has 4 saturated carbocycles. The Morgan fingerprint density at radius 1 is 0.575 bits per heavy atom. The lowest BCUT2D eigenvalue weighted by molar-refractivity contribution is -0.0856. The Balaban J connectivity index is 1.27. The summed E-state index contributed by atoms with van der Waals surface area (Å²) in [4.78, 5) is 0. The van der Waals surface area contributed by atoms with Crippen molar-refractivity contribution in [3.05, 3.63) is 71.8 Å². The predicted octanol–water partition coefficient (Wildman–Crippen LogP) is 10.3. The van der Waals surface area contributed by atoms with Gasteiger partial charge in [0.15, 0.2) is 0 Å². The summed E-state index contributed by atoms with van der Waals surface area (Å²) in [6.45, 7) is 4.75. The highest BCUT2D eigenvalue weighted by atomic mass is 31.2. The van der Waals surface area contributed by atoms with Gasteiger partial charge in [0.25, 0.3) is 8.53 Å². The van der Waals surface area contributed by atoms with Crippen molar-refractivity contribution in [3.63, 3.8) is 0 Å². The van der Waals surface area contributed by atoms with Gasteiger partial charge in [0, 0.05) is 12.1 Å².